The summed E-state index contributed by atoms with van der Waals surface area (Å²) in [5.41, 5.74) is 2.21. The first-order valence-electron chi connectivity index (χ1n) is 10.6. The van der Waals surface area contributed by atoms with Gasteiger partial charge in [-0.15, -0.1) is 10.2 Å². The van der Waals surface area contributed by atoms with Gasteiger partial charge in [0.15, 0.2) is 0 Å². The van der Waals surface area contributed by atoms with Crippen molar-refractivity contribution in [2.75, 3.05) is 18.0 Å². The van der Waals surface area contributed by atoms with Crippen LogP contribution in [0.5, 0.6) is 0 Å². The summed E-state index contributed by atoms with van der Waals surface area (Å²) in [6.45, 7) is 5.57. The summed E-state index contributed by atoms with van der Waals surface area (Å²) in [6.07, 6.45) is -0.337. The molecule has 0 saturated carbocycles. The third kappa shape index (κ3) is 3.55. The minimum Gasteiger partial charge on any atom is -0.415 e. The van der Waals surface area contributed by atoms with Gasteiger partial charge in [-0.25, -0.2) is 0 Å². The van der Waals surface area contributed by atoms with Crippen LogP contribution in [0.15, 0.2) is 40.9 Å². The van der Waals surface area contributed by atoms with Crippen molar-refractivity contribution in [2.24, 2.45) is 0 Å². The molecule has 0 radical (unpaired) electrons. The predicted molar refractivity (Wildman–Crippen MR) is 114 cm³/mol. The molecule has 33 heavy (non-hydrogen) atoms. The van der Waals surface area contributed by atoms with Crippen LogP contribution in [0.25, 0.3) is 11.5 Å². The summed E-state index contributed by atoms with van der Waals surface area (Å²) >= 11 is 0. The van der Waals surface area contributed by atoms with Crippen LogP contribution in [0.2, 0.25) is 0 Å². The van der Waals surface area contributed by atoms with E-state index in [1.54, 1.807) is 18.2 Å². The maximum atomic E-state index is 13.3. The number of hydrogen-bond donors (Lipinski definition) is 0. The van der Waals surface area contributed by atoms with Crippen molar-refractivity contribution in [1.82, 2.24) is 20.1 Å². The molecule has 3 aromatic rings. The van der Waals surface area contributed by atoms with Crippen molar-refractivity contribution in [2.45, 2.75) is 38.7 Å². The normalized spacial score (nSPS) is 17.4. The second-order valence-electron chi connectivity index (χ2n) is 8.68. The molecule has 4 heterocycles. The fourth-order valence-electron chi connectivity index (χ4n) is 4.09. The highest BCUT2D eigenvalue weighted by molar-refractivity contribution is 6.13. The van der Waals surface area contributed by atoms with Gasteiger partial charge in [0.2, 0.25) is 11.8 Å². The Morgan fingerprint density at radius 1 is 1.12 bits per heavy atom. The molecular formula is C23H21F2N5O3. The summed E-state index contributed by atoms with van der Waals surface area (Å²) in [5.74, 6) is -1.52. The van der Waals surface area contributed by atoms with Gasteiger partial charge in [-0.05, 0) is 56.2 Å². The number of pyridine rings is 1. The van der Waals surface area contributed by atoms with Gasteiger partial charge in [0, 0.05) is 30.5 Å². The van der Waals surface area contributed by atoms with Crippen LogP contribution in [0, 0.1) is 0 Å². The quantitative estimate of drug-likeness (QED) is 0.544. The van der Waals surface area contributed by atoms with Crippen LogP contribution >= 0.6 is 0 Å². The first-order chi connectivity index (χ1) is 15.8. The van der Waals surface area contributed by atoms with Crippen LogP contribution in [0.3, 0.4) is 0 Å². The second kappa shape index (κ2) is 7.72. The Balaban J connectivity index is 1.39. The van der Waals surface area contributed by atoms with E-state index in [0.29, 0.717) is 16.8 Å². The highest BCUT2D eigenvalue weighted by Crippen LogP contribution is 2.38. The summed E-state index contributed by atoms with van der Waals surface area (Å²) in [6, 6.07) is 8.83. The standard InChI is InChI=1S/C23H21F2N5O3/c1-23(2)17-10-15(29-8-3-9-29)6-7-16(17)21(31)30(22(23)32)12-14-5-4-13(11-26-14)19-27-28-20(33-19)18(24)25/h4-7,10-11,18H,3,8-9,12H2,1-2H3. The molecular weight excluding hydrogens is 432 g/mol. The molecule has 1 fully saturated rings. The third-order valence-electron chi connectivity index (χ3n) is 6.17. The van der Waals surface area contributed by atoms with Crippen LogP contribution in [-0.2, 0) is 16.8 Å². The Hall–Kier alpha value is -3.69. The van der Waals surface area contributed by atoms with Crippen molar-refractivity contribution in [3.05, 3.63) is 59.2 Å². The van der Waals surface area contributed by atoms with Gasteiger partial charge in [0.25, 0.3) is 11.8 Å². The topological polar surface area (TPSA) is 92.4 Å². The van der Waals surface area contributed by atoms with E-state index in [0.717, 1.165) is 30.8 Å². The average Bonchev–Trinajstić information content (AvgIpc) is 3.26. The third-order valence-corrected chi connectivity index (χ3v) is 6.17. The van der Waals surface area contributed by atoms with Gasteiger partial charge in [-0.1, -0.05) is 0 Å². The molecule has 0 bridgehead atoms. The Kier molecular flexibility index (Phi) is 4.95. The van der Waals surface area contributed by atoms with E-state index >= 15 is 0 Å². The summed E-state index contributed by atoms with van der Waals surface area (Å²) in [5, 5.41) is 6.89. The number of nitrogens with zero attached hydrogens (tertiary/aromatic N) is 5. The fourth-order valence-corrected chi connectivity index (χ4v) is 4.09. The molecule has 0 unspecified atom stereocenters. The first kappa shape index (κ1) is 21.2. The second-order valence-corrected chi connectivity index (χ2v) is 8.68. The molecule has 1 saturated heterocycles. The van der Waals surface area contributed by atoms with Crippen LogP contribution < -0.4 is 4.90 Å². The monoisotopic (exact) mass is 453 g/mol. The molecule has 170 valence electrons. The van der Waals surface area contributed by atoms with Crippen molar-refractivity contribution < 1.29 is 22.8 Å². The minimum atomic E-state index is -2.86. The highest BCUT2D eigenvalue weighted by Gasteiger charge is 2.44. The molecule has 1 aromatic carbocycles. The number of alkyl halides is 2. The van der Waals surface area contributed by atoms with E-state index in [1.165, 1.54) is 11.1 Å². The Labute approximate surface area is 188 Å². The molecule has 2 aromatic heterocycles. The van der Waals surface area contributed by atoms with E-state index < -0.39 is 17.7 Å². The largest absolute Gasteiger partial charge is 0.415 e. The Morgan fingerprint density at radius 3 is 2.52 bits per heavy atom. The van der Waals surface area contributed by atoms with Crippen molar-refractivity contribution >= 4 is 17.5 Å². The lowest BCUT2D eigenvalue weighted by atomic mass is 9.76. The van der Waals surface area contributed by atoms with Crippen molar-refractivity contribution in [3.63, 3.8) is 0 Å². The van der Waals surface area contributed by atoms with Crippen molar-refractivity contribution in [3.8, 4) is 11.5 Å². The van der Waals surface area contributed by atoms with E-state index in [9.17, 15) is 18.4 Å². The molecule has 10 heteroatoms. The zero-order valence-corrected chi connectivity index (χ0v) is 18.1. The maximum Gasteiger partial charge on any atom is 0.314 e. The Bertz CT molecular complexity index is 1240. The van der Waals surface area contributed by atoms with Gasteiger partial charge in [-0.2, -0.15) is 8.78 Å². The highest BCUT2D eigenvalue weighted by atomic mass is 19.3. The zero-order chi connectivity index (χ0) is 23.3. The number of amides is 2. The van der Waals surface area contributed by atoms with Gasteiger partial charge < -0.3 is 9.32 Å². The summed E-state index contributed by atoms with van der Waals surface area (Å²) < 4.78 is 30.2. The number of hydrogen-bond acceptors (Lipinski definition) is 7. The van der Waals surface area contributed by atoms with Gasteiger partial charge in [-0.3, -0.25) is 19.5 Å². The SMILES string of the molecule is CC1(C)C(=O)N(Cc2ccc(-c3nnc(C(F)F)o3)cn2)C(=O)c2ccc(N3CCC3)cc21. The number of fused-ring (bicyclic) bond motifs is 1. The van der Waals surface area contributed by atoms with Crippen LogP contribution in [0.1, 0.15) is 54.2 Å². The molecule has 0 atom stereocenters. The minimum absolute atomic E-state index is 0.0131. The molecule has 0 N–H and O–H groups in total. The number of rotatable bonds is 5. The number of anilines is 1. The molecule has 2 aliphatic rings. The zero-order valence-electron chi connectivity index (χ0n) is 18.1. The molecule has 2 aliphatic heterocycles. The summed E-state index contributed by atoms with van der Waals surface area (Å²) in [7, 11) is 0. The number of halogens is 2. The lowest BCUT2D eigenvalue weighted by Crippen LogP contribution is -2.51. The Morgan fingerprint density at radius 2 is 1.91 bits per heavy atom. The molecule has 8 nitrogen and oxygen atoms in total. The number of carbonyl (C=O) groups is 2. The number of benzene rings is 1. The van der Waals surface area contributed by atoms with Crippen molar-refractivity contribution in [1.29, 1.82) is 0 Å². The predicted octanol–water partition coefficient (Wildman–Crippen LogP) is 3.74. The molecule has 0 spiro atoms. The van der Waals surface area contributed by atoms with Crippen LogP contribution in [0.4, 0.5) is 14.5 Å². The van der Waals surface area contributed by atoms with Gasteiger partial charge >= 0.3 is 6.43 Å². The first-order valence-corrected chi connectivity index (χ1v) is 10.6. The molecule has 2 amide bonds. The smallest absolute Gasteiger partial charge is 0.314 e. The van der Waals surface area contributed by atoms with E-state index in [2.05, 4.69) is 20.1 Å². The maximum absolute atomic E-state index is 13.3. The number of imide groups is 1. The lowest BCUT2D eigenvalue weighted by Gasteiger charge is -2.39. The van der Waals surface area contributed by atoms with E-state index in [-0.39, 0.29) is 24.2 Å². The van der Waals surface area contributed by atoms with E-state index in [1.807, 2.05) is 26.0 Å². The van der Waals surface area contributed by atoms with Gasteiger partial charge in [0.1, 0.15) is 0 Å². The summed E-state index contributed by atoms with van der Waals surface area (Å²) in [4.78, 5) is 34.2. The molecule has 5 rings (SSSR count). The lowest BCUT2D eigenvalue weighted by molar-refractivity contribution is -0.134. The number of aromatic nitrogens is 3. The van der Waals surface area contributed by atoms with Crippen LogP contribution in [-0.4, -0.2) is 45.0 Å². The molecule has 0 aliphatic carbocycles. The average molecular weight is 453 g/mol. The van der Waals surface area contributed by atoms with Gasteiger partial charge in [0.05, 0.1) is 23.2 Å². The number of carbonyl (C=O) groups excluding carboxylic acids is 2. The fraction of sp³-hybridized carbons (Fsp3) is 0.348. The van der Waals surface area contributed by atoms with E-state index in [4.69, 9.17) is 4.42 Å².